The first-order chi connectivity index (χ1) is 10.9. The SMILES string of the molecule is c1ccc(-c2cc(-c3ccccc3)c3ncccc3n2)cc1. The Morgan fingerprint density at radius 3 is 2.05 bits per heavy atom. The Morgan fingerprint density at radius 1 is 0.636 bits per heavy atom. The molecule has 104 valence electrons. The number of hydrogen-bond acceptors (Lipinski definition) is 2. The summed E-state index contributed by atoms with van der Waals surface area (Å²) in [7, 11) is 0. The molecule has 0 spiro atoms. The lowest BCUT2D eigenvalue weighted by atomic mass is 10.0. The van der Waals surface area contributed by atoms with Crippen LogP contribution in [0, 0.1) is 0 Å². The van der Waals surface area contributed by atoms with Gasteiger partial charge in [-0.25, -0.2) is 4.98 Å². The molecule has 0 saturated carbocycles. The molecular formula is C20H14N2. The summed E-state index contributed by atoms with van der Waals surface area (Å²) < 4.78 is 0. The van der Waals surface area contributed by atoms with Gasteiger partial charge in [0.25, 0.3) is 0 Å². The van der Waals surface area contributed by atoms with Crippen LogP contribution in [-0.4, -0.2) is 9.97 Å². The fraction of sp³-hybridized carbons (Fsp3) is 0. The first kappa shape index (κ1) is 12.7. The molecule has 2 heteroatoms. The van der Waals surface area contributed by atoms with E-state index in [0.29, 0.717) is 0 Å². The van der Waals surface area contributed by atoms with Gasteiger partial charge in [0.05, 0.1) is 16.7 Å². The zero-order chi connectivity index (χ0) is 14.8. The van der Waals surface area contributed by atoms with Crippen LogP contribution in [0.2, 0.25) is 0 Å². The molecule has 0 fully saturated rings. The van der Waals surface area contributed by atoms with Crippen LogP contribution in [0.1, 0.15) is 0 Å². The second-order valence-electron chi connectivity index (χ2n) is 5.16. The first-order valence-corrected chi connectivity index (χ1v) is 7.28. The van der Waals surface area contributed by atoms with Gasteiger partial charge in [-0.3, -0.25) is 4.98 Å². The number of aromatic nitrogens is 2. The summed E-state index contributed by atoms with van der Waals surface area (Å²) in [5.74, 6) is 0. The van der Waals surface area contributed by atoms with E-state index in [2.05, 4.69) is 35.3 Å². The van der Waals surface area contributed by atoms with E-state index in [1.54, 1.807) is 0 Å². The van der Waals surface area contributed by atoms with Crippen LogP contribution in [0.3, 0.4) is 0 Å². The monoisotopic (exact) mass is 282 g/mol. The first-order valence-electron chi connectivity index (χ1n) is 7.28. The Balaban J connectivity index is 2.02. The Labute approximate surface area is 129 Å². The van der Waals surface area contributed by atoms with Crippen molar-refractivity contribution in [1.29, 1.82) is 0 Å². The van der Waals surface area contributed by atoms with Crippen molar-refractivity contribution >= 4 is 11.0 Å². The maximum atomic E-state index is 4.77. The summed E-state index contributed by atoms with van der Waals surface area (Å²) in [6, 6.07) is 26.7. The van der Waals surface area contributed by atoms with Gasteiger partial charge >= 0.3 is 0 Å². The second-order valence-corrected chi connectivity index (χ2v) is 5.16. The third kappa shape index (κ3) is 2.25. The standard InChI is InChI=1S/C20H14N2/c1-3-8-15(9-4-1)17-14-19(16-10-5-2-6-11-16)22-18-12-7-13-21-20(17)18/h1-14H. The molecule has 2 aromatic heterocycles. The largest absolute Gasteiger partial charge is 0.254 e. The molecule has 2 aromatic carbocycles. The van der Waals surface area contributed by atoms with Gasteiger partial charge in [-0.1, -0.05) is 60.7 Å². The molecule has 0 saturated heterocycles. The lowest BCUT2D eigenvalue weighted by Crippen LogP contribution is -1.91. The molecule has 2 heterocycles. The van der Waals surface area contributed by atoms with Crippen molar-refractivity contribution in [2.24, 2.45) is 0 Å². The molecular weight excluding hydrogens is 268 g/mol. The van der Waals surface area contributed by atoms with Crippen molar-refractivity contribution in [2.45, 2.75) is 0 Å². The summed E-state index contributed by atoms with van der Waals surface area (Å²) >= 11 is 0. The van der Waals surface area contributed by atoms with E-state index in [0.717, 1.165) is 33.4 Å². The van der Waals surface area contributed by atoms with Crippen LogP contribution in [0.5, 0.6) is 0 Å². The molecule has 0 radical (unpaired) electrons. The molecule has 22 heavy (non-hydrogen) atoms. The molecule has 0 aliphatic heterocycles. The van der Waals surface area contributed by atoms with Crippen LogP contribution >= 0.6 is 0 Å². The van der Waals surface area contributed by atoms with E-state index in [9.17, 15) is 0 Å². The highest BCUT2D eigenvalue weighted by Gasteiger charge is 2.09. The highest BCUT2D eigenvalue weighted by molar-refractivity contribution is 5.93. The van der Waals surface area contributed by atoms with Gasteiger partial charge in [0.2, 0.25) is 0 Å². The average molecular weight is 282 g/mol. The quantitative estimate of drug-likeness (QED) is 0.519. The van der Waals surface area contributed by atoms with Gasteiger partial charge in [0.15, 0.2) is 0 Å². The molecule has 0 atom stereocenters. The Kier molecular flexibility index (Phi) is 3.13. The summed E-state index contributed by atoms with van der Waals surface area (Å²) in [5.41, 5.74) is 6.22. The van der Waals surface area contributed by atoms with Gasteiger partial charge in [-0.2, -0.15) is 0 Å². The third-order valence-electron chi connectivity index (χ3n) is 3.72. The minimum atomic E-state index is 0.919. The van der Waals surface area contributed by atoms with Gasteiger partial charge in [-0.15, -0.1) is 0 Å². The fourth-order valence-electron chi connectivity index (χ4n) is 2.66. The third-order valence-corrected chi connectivity index (χ3v) is 3.72. The lowest BCUT2D eigenvalue weighted by molar-refractivity contribution is 1.33. The van der Waals surface area contributed by atoms with Gasteiger partial charge in [0, 0.05) is 17.3 Å². The number of fused-ring (bicyclic) bond motifs is 1. The smallest absolute Gasteiger partial charge is 0.0965 e. The van der Waals surface area contributed by atoms with Crippen molar-refractivity contribution in [1.82, 2.24) is 9.97 Å². The number of nitrogens with zero attached hydrogens (tertiary/aromatic N) is 2. The maximum absolute atomic E-state index is 4.77. The Hall–Kier alpha value is -3.00. The van der Waals surface area contributed by atoms with Gasteiger partial charge in [0.1, 0.15) is 0 Å². The summed E-state index contributed by atoms with van der Waals surface area (Å²) in [6.45, 7) is 0. The second kappa shape index (κ2) is 5.41. The molecule has 4 rings (SSSR count). The molecule has 4 aromatic rings. The van der Waals surface area contributed by atoms with Crippen molar-refractivity contribution in [3.8, 4) is 22.4 Å². The highest BCUT2D eigenvalue weighted by Crippen LogP contribution is 2.30. The maximum Gasteiger partial charge on any atom is 0.0965 e. The zero-order valence-electron chi connectivity index (χ0n) is 12.0. The van der Waals surface area contributed by atoms with Crippen LogP contribution in [0.4, 0.5) is 0 Å². The molecule has 2 nitrogen and oxygen atoms in total. The molecule has 0 amide bonds. The van der Waals surface area contributed by atoms with Crippen molar-refractivity contribution in [2.75, 3.05) is 0 Å². The van der Waals surface area contributed by atoms with Crippen LogP contribution < -0.4 is 0 Å². The topological polar surface area (TPSA) is 25.8 Å². The Bertz CT molecular complexity index is 916. The fourth-order valence-corrected chi connectivity index (χ4v) is 2.66. The summed E-state index contributed by atoms with van der Waals surface area (Å²) in [4.78, 5) is 9.30. The number of rotatable bonds is 2. The van der Waals surface area contributed by atoms with Crippen LogP contribution in [-0.2, 0) is 0 Å². The number of benzene rings is 2. The molecule has 0 aliphatic carbocycles. The molecule has 0 bridgehead atoms. The summed E-state index contributed by atoms with van der Waals surface area (Å²) in [6.07, 6.45) is 1.82. The van der Waals surface area contributed by atoms with Gasteiger partial charge < -0.3 is 0 Å². The van der Waals surface area contributed by atoms with Crippen molar-refractivity contribution < 1.29 is 0 Å². The lowest BCUT2D eigenvalue weighted by Gasteiger charge is -2.09. The van der Waals surface area contributed by atoms with Crippen molar-refractivity contribution in [3.63, 3.8) is 0 Å². The van der Waals surface area contributed by atoms with Crippen molar-refractivity contribution in [3.05, 3.63) is 85.1 Å². The van der Waals surface area contributed by atoms with Crippen LogP contribution in [0.15, 0.2) is 85.1 Å². The van der Waals surface area contributed by atoms with Gasteiger partial charge in [-0.05, 0) is 23.8 Å². The number of hydrogen-bond donors (Lipinski definition) is 0. The summed E-state index contributed by atoms with van der Waals surface area (Å²) in [5, 5.41) is 0. The highest BCUT2D eigenvalue weighted by atomic mass is 14.8. The minimum Gasteiger partial charge on any atom is -0.254 e. The van der Waals surface area contributed by atoms with E-state index >= 15 is 0 Å². The normalized spacial score (nSPS) is 10.7. The Morgan fingerprint density at radius 2 is 1.32 bits per heavy atom. The average Bonchev–Trinajstić information content (AvgIpc) is 2.62. The van der Waals surface area contributed by atoms with E-state index in [1.165, 1.54) is 0 Å². The molecule has 0 unspecified atom stereocenters. The van der Waals surface area contributed by atoms with E-state index in [-0.39, 0.29) is 0 Å². The zero-order valence-corrected chi connectivity index (χ0v) is 12.0. The van der Waals surface area contributed by atoms with Crippen LogP contribution in [0.25, 0.3) is 33.4 Å². The predicted octanol–water partition coefficient (Wildman–Crippen LogP) is 4.96. The molecule has 0 aliphatic rings. The predicted molar refractivity (Wildman–Crippen MR) is 90.4 cm³/mol. The van der Waals surface area contributed by atoms with E-state index < -0.39 is 0 Å². The minimum absolute atomic E-state index is 0.919. The van der Waals surface area contributed by atoms with E-state index in [1.807, 2.05) is 54.7 Å². The number of pyridine rings is 2. The van der Waals surface area contributed by atoms with E-state index in [4.69, 9.17) is 4.98 Å². The molecule has 0 N–H and O–H groups in total.